The maximum absolute atomic E-state index is 13.2. The zero-order chi connectivity index (χ0) is 18.9. The first-order valence-electron chi connectivity index (χ1n) is 8.99. The molecule has 6 nitrogen and oxygen atoms in total. The Hall–Kier alpha value is -1.86. The Labute approximate surface area is 154 Å². The van der Waals surface area contributed by atoms with Crippen molar-refractivity contribution in [2.24, 2.45) is 5.92 Å². The summed E-state index contributed by atoms with van der Waals surface area (Å²) in [5.41, 5.74) is 0.892. The van der Waals surface area contributed by atoms with Crippen LogP contribution in [0.15, 0.2) is 35.7 Å². The third-order valence-electron chi connectivity index (χ3n) is 5.26. The van der Waals surface area contributed by atoms with Crippen LogP contribution in [0.3, 0.4) is 0 Å². The molecule has 0 unspecified atom stereocenters. The van der Waals surface area contributed by atoms with Crippen LogP contribution in [0.1, 0.15) is 37.7 Å². The highest BCUT2D eigenvalue weighted by atomic mass is 32.2. The topological polar surface area (TPSA) is 83.9 Å². The average molecular weight is 379 g/mol. The van der Waals surface area contributed by atoms with Crippen molar-refractivity contribution in [3.8, 4) is 5.75 Å². The lowest BCUT2D eigenvalue weighted by Gasteiger charge is -2.25. The van der Waals surface area contributed by atoms with Gasteiger partial charge in [-0.05, 0) is 56.7 Å². The summed E-state index contributed by atoms with van der Waals surface area (Å²) in [5.74, 6) is -0.604. The molecule has 1 heterocycles. The van der Waals surface area contributed by atoms with Crippen molar-refractivity contribution < 1.29 is 23.1 Å². The number of aliphatic carboxylic acids is 1. The molecule has 3 rings (SSSR count). The van der Waals surface area contributed by atoms with Gasteiger partial charge in [-0.25, -0.2) is 8.42 Å². The molecule has 7 heteroatoms. The van der Waals surface area contributed by atoms with E-state index in [1.54, 1.807) is 12.1 Å². The van der Waals surface area contributed by atoms with E-state index >= 15 is 0 Å². The summed E-state index contributed by atoms with van der Waals surface area (Å²) in [7, 11) is -3.94. The van der Waals surface area contributed by atoms with Crippen LogP contribution in [0.2, 0.25) is 0 Å². The van der Waals surface area contributed by atoms with Crippen LogP contribution >= 0.6 is 0 Å². The number of sulfonamides is 1. The van der Waals surface area contributed by atoms with Gasteiger partial charge in [-0.1, -0.05) is 12.1 Å². The number of hydrogen-bond acceptors (Lipinski definition) is 4. The first-order chi connectivity index (χ1) is 12.3. The number of carbonyl (C=O) groups is 1. The molecule has 2 fully saturated rings. The zero-order valence-electron chi connectivity index (χ0n) is 14.9. The molecule has 26 heavy (non-hydrogen) atoms. The van der Waals surface area contributed by atoms with Crippen LogP contribution in [0.25, 0.3) is 0 Å². The predicted octanol–water partition coefficient (Wildman–Crippen LogP) is 2.97. The molecular formula is C19H25NO5S. The van der Waals surface area contributed by atoms with Crippen LogP contribution in [0.4, 0.5) is 0 Å². The van der Waals surface area contributed by atoms with E-state index in [-0.39, 0.29) is 23.5 Å². The maximum Gasteiger partial charge on any atom is 0.322 e. The normalized spacial score (nSPS) is 26.7. The van der Waals surface area contributed by atoms with Crippen LogP contribution in [0, 0.1) is 12.8 Å². The van der Waals surface area contributed by atoms with Gasteiger partial charge in [0.2, 0.25) is 10.0 Å². The SMILES string of the molecule is C=C[C@@H]1CCC[C@@H]1Oc1cc(C)ccc1S(=O)(=O)N1CCC[C@H]1C(=O)O. The summed E-state index contributed by atoms with van der Waals surface area (Å²) >= 11 is 0. The van der Waals surface area contributed by atoms with Crippen LogP contribution in [-0.4, -0.2) is 42.5 Å². The third kappa shape index (κ3) is 3.50. The van der Waals surface area contributed by atoms with Crippen molar-refractivity contribution in [3.05, 3.63) is 36.4 Å². The number of carboxylic acids is 1. The lowest BCUT2D eigenvalue weighted by Crippen LogP contribution is -2.40. The van der Waals surface area contributed by atoms with Crippen LogP contribution in [0.5, 0.6) is 5.75 Å². The minimum absolute atomic E-state index is 0.0472. The summed E-state index contributed by atoms with van der Waals surface area (Å²) in [6, 6.07) is 3.94. The number of hydrogen-bond donors (Lipinski definition) is 1. The van der Waals surface area contributed by atoms with Crippen molar-refractivity contribution in [1.82, 2.24) is 4.31 Å². The van der Waals surface area contributed by atoms with Gasteiger partial charge in [0, 0.05) is 12.5 Å². The standard InChI is InChI=1S/C19H25NO5S/c1-3-14-6-4-8-16(14)25-17-12-13(2)9-10-18(17)26(23,24)20-11-5-7-15(20)19(21)22/h3,9-10,12,14-16H,1,4-8,11H2,2H3,(H,21,22)/t14-,15+,16+/m1/s1. The molecule has 1 aliphatic carbocycles. The Bertz CT molecular complexity index is 804. The summed E-state index contributed by atoms with van der Waals surface area (Å²) in [6.07, 6.45) is 5.49. The number of benzene rings is 1. The average Bonchev–Trinajstić information content (AvgIpc) is 3.23. The van der Waals surface area contributed by atoms with E-state index in [4.69, 9.17) is 4.74 Å². The molecule has 0 radical (unpaired) electrons. The van der Waals surface area contributed by atoms with Gasteiger partial charge in [0.15, 0.2) is 0 Å². The third-order valence-corrected chi connectivity index (χ3v) is 7.21. The molecule has 1 aromatic rings. The molecule has 1 aliphatic heterocycles. The number of nitrogens with zero attached hydrogens (tertiary/aromatic N) is 1. The highest BCUT2D eigenvalue weighted by Crippen LogP contribution is 2.36. The molecular weight excluding hydrogens is 354 g/mol. The van der Waals surface area contributed by atoms with Crippen molar-refractivity contribution in [1.29, 1.82) is 0 Å². The van der Waals surface area contributed by atoms with Crippen molar-refractivity contribution in [3.63, 3.8) is 0 Å². The van der Waals surface area contributed by atoms with Gasteiger partial charge in [0.1, 0.15) is 22.8 Å². The number of ether oxygens (including phenoxy) is 1. The Morgan fingerprint density at radius 1 is 1.31 bits per heavy atom. The number of rotatable bonds is 6. The van der Waals surface area contributed by atoms with Crippen molar-refractivity contribution in [2.45, 2.75) is 56.1 Å². The zero-order valence-corrected chi connectivity index (χ0v) is 15.7. The first-order valence-corrected chi connectivity index (χ1v) is 10.4. The van der Waals surface area contributed by atoms with E-state index in [1.165, 1.54) is 6.07 Å². The largest absolute Gasteiger partial charge is 0.488 e. The van der Waals surface area contributed by atoms with E-state index in [9.17, 15) is 18.3 Å². The highest BCUT2D eigenvalue weighted by Gasteiger charge is 2.41. The molecule has 142 valence electrons. The molecule has 1 saturated heterocycles. The predicted molar refractivity (Wildman–Crippen MR) is 97.7 cm³/mol. The molecule has 1 aromatic carbocycles. The van der Waals surface area contributed by atoms with E-state index in [2.05, 4.69) is 6.58 Å². The Kier molecular flexibility index (Phi) is 5.39. The van der Waals surface area contributed by atoms with E-state index in [0.717, 1.165) is 29.1 Å². The molecule has 1 saturated carbocycles. The first kappa shape index (κ1) is 18.9. The second kappa shape index (κ2) is 7.40. The van der Waals surface area contributed by atoms with Crippen molar-refractivity contribution >= 4 is 16.0 Å². The van der Waals surface area contributed by atoms with Gasteiger partial charge >= 0.3 is 5.97 Å². The fourth-order valence-corrected chi connectivity index (χ4v) is 5.61. The van der Waals surface area contributed by atoms with Gasteiger partial charge in [-0.15, -0.1) is 6.58 Å². The number of aryl methyl sites for hydroxylation is 1. The second-order valence-corrected chi connectivity index (χ2v) is 8.91. The summed E-state index contributed by atoms with van der Waals surface area (Å²) < 4.78 is 33.5. The van der Waals surface area contributed by atoms with E-state index in [1.807, 2.05) is 13.0 Å². The summed E-state index contributed by atoms with van der Waals surface area (Å²) in [6.45, 7) is 5.93. The van der Waals surface area contributed by atoms with Crippen LogP contribution in [-0.2, 0) is 14.8 Å². The molecule has 0 spiro atoms. The maximum atomic E-state index is 13.2. The van der Waals surface area contributed by atoms with Gasteiger partial charge < -0.3 is 9.84 Å². The molecule has 2 aliphatic rings. The van der Waals surface area contributed by atoms with Gasteiger partial charge in [0.05, 0.1) is 0 Å². The van der Waals surface area contributed by atoms with Gasteiger partial charge in [-0.2, -0.15) is 4.31 Å². The molecule has 1 N–H and O–H groups in total. The highest BCUT2D eigenvalue weighted by molar-refractivity contribution is 7.89. The lowest BCUT2D eigenvalue weighted by atomic mass is 10.1. The monoisotopic (exact) mass is 379 g/mol. The Morgan fingerprint density at radius 2 is 2.08 bits per heavy atom. The van der Waals surface area contributed by atoms with Gasteiger partial charge in [0.25, 0.3) is 0 Å². The van der Waals surface area contributed by atoms with Crippen molar-refractivity contribution in [2.75, 3.05) is 6.54 Å². The molecule has 0 aromatic heterocycles. The Morgan fingerprint density at radius 3 is 2.77 bits per heavy atom. The Balaban J connectivity index is 1.96. The molecule has 3 atom stereocenters. The molecule has 0 bridgehead atoms. The smallest absolute Gasteiger partial charge is 0.322 e. The molecule has 0 amide bonds. The van der Waals surface area contributed by atoms with Crippen LogP contribution < -0.4 is 4.74 Å². The minimum Gasteiger partial charge on any atom is -0.488 e. The summed E-state index contributed by atoms with van der Waals surface area (Å²) in [5, 5.41) is 9.36. The minimum atomic E-state index is -3.94. The second-order valence-electron chi connectivity index (χ2n) is 7.05. The fourth-order valence-electron chi connectivity index (χ4n) is 3.86. The van der Waals surface area contributed by atoms with Gasteiger partial charge in [-0.3, -0.25) is 4.79 Å². The lowest BCUT2D eigenvalue weighted by molar-refractivity contribution is -0.140. The quantitative estimate of drug-likeness (QED) is 0.768. The van der Waals surface area contributed by atoms with E-state index in [0.29, 0.717) is 18.6 Å². The number of carboxylic acid groups (broad SMARTS) is 1. The fraction of sp³-hybridized carbons (Fsp3) is 0.526. The summed E-state index contributed by atoms with van der Waals surface area (Å²) in [4.78, 5) is 11.5. The van der Waals surface area contributed by atoms with E-state index < -0.39 is 22.0 Å².